The predicted molar refractivity (Wildman–Crippen MR) is 43.1 cm³/mol. The Balaban J connectivity index is 3.04. The maximum atomic E-state index is 12.7. The van der Waals surface area contributed by atoms with Crippen LogP contribution in [0.2, 0.25) is 10.0 Å². The lowest BCUT2D eigenvalue weighted by atomic mass is 10.3. The van der Waals surface area contributed by atoms with Crippen molar-refractivity contribution in [2.75, 3.05) is 0 Å². The molecule has 0 radical (unpaired) electrons. The molecule has 1 aromatic carbocycles. The van der Waals surface area contributed by atoms with Gasteiger partial charge in [0.05, 0.1) is 10.0 Å². The van der Waals surface area contributed by atoms with Crippen LogP contribution in [0.25, 0.3) is 0 Å². The Kier molecular flexibility index (Phi) is 3.11. The first-order valence-corrected chi connectivity index (χ1v) is 3.95. The first-order chi connectivity index (χ1) is 6.29. The van der Waals surface area contributed by atoms with Crippen LogP contribution in [-0.2, 0) is 0 Å². The molecule has 0 heterocycles. The first-order valence-electron chi connectivity index (χ1n) is 3.20. The van der Waals surface area contributed by atoms with Crippen LogP contribution in [0.1, 0.15) is 0 Å². The molecule has 0 atom stereocenters. The largest absolute Gasteiger partial charge is 0.573 e. The van der Waals surface area contributed by atoms with Crippen molar-refractivity contribution >= 4 is 23.2 Å². The smallest absolute Gasteiger partial charge is 0.404 e. The second kappa shape index (κ2) is 3.82. The van der Waals surface area contributed by atoms with E-state index in [0.717, 1.165) is 6.07 Å². The molecule has 0 aliphatic carbocycles. The molecule has 0 N–H and O–H groups in total. The molecule has 0 aromatic heterocycles. The maximum Gasteiger partial charge on any atom is 0.573 e. The van der Waals surface area contributed by atoms with Crippen LogP contribution in [0, 0.1) is 5.82 Å². The van der Waals surface area contributed by atoms with Gasteiger partial charge in [-0.05, 0) is 6.07 Å². The summed E-state index contributed by atoms with van der Waals surface area (Å²) < 4.78 is 51.3. The van der Waals surface area contributed by atoms with Gasteiger partial charge in [-0.25, -0.2) is 4.39 Å². The van der Waals surface area contributed by atoms with Crippen molar-refractivity contribution in [3.05, 3.63) is 28.0 Å². The molecule has 0 saturated carbocycles. The van der Waals surface area contributed by atoms with Crippen LogP contribution in [0.5, 0.6) is 5.75 Å². The third-order valence-corrected chi connectivity index (χ3v) is 1.79. The monoisotopic (exact) mass is 248 g/mol. The summed E-state index contributed by atoms with van der Waals surface area (Å²) in [4.78, 5) is 0. The summed E-state index contributed by atoms with van der Waals surface area (Å²) in [5.74, 6) is -1.85. The third-order valence-electron chi connectivity index (χ3n) is 1.20. The Bertz CT molecular complexity index is 350. The van der Waals surface area contributed by atoms with E-state index in [1.54, 1.807) is 0 Å². The molecule has 0 aliphatic heterocycles. The van der Waals surface area contributed by atoms with Gasteiger partial charge in [0.1, 0.15) is 5.82 Å². The number of alkyl halides is 3. The van der Waals surface area contributed by atoms with E-state index in [1.165, 1.54) is 0 Å². The number of rotatable bonds is 1. The molecule has 0 spiro atoms. The molecular weight excluding hydrogens is 247 g/mol. The van der Waals surface area contributed by atoms with Crippen LogP contribution in [0.4, 0.5) is 17.6 Å². The van der Waals surface area contributed by atoms with Crippen LogP contribution < -0.4 is 4.74 Å². The summed E-state index contributed by atoms with van der Waals surface area (Å²) in [5.41, 5.74) is 0. The average molecular weight is 249 g/mol. The molecule has 14 heavy (non-hydrogen) atoms. The SMILES string of the molecule is Fc1cc(OC(F)(F)F)c(Cl)cc1Cl. The van der Waals surface area contributed by atoms with Crippen molar-refractivity contribution in [3.8, 4) is 5.75 Å². The highest BCUT2D eigenvalue weighted by Crippen LogP contribution is 2.33. The summed E-state index contributed by atoms with van der Waals surface area (Å²) in [6.07, 6.45) is -4.91. The Labute approximate surface area is 86.2 Å². The van der Waals surface area contributed by atoms with Crippen LogP contribution in [-0.4, -0.2) is 6.36 Å². The zero-order valence-electron chi connectivity index (χ0n) is 6.33. The predicted octanol–water partition coefficient (Wildman–Crippen LogP) is 4.03. The van der Waals surface area contributed by atoms with Crippen LogP contribution in [0.3, 0.4) is 0 Å². The van der Waals surface area contributed by atoms with E-state index in [9.17, 15) is 17.6 Å². The molecule has 0 aliphatic rings. The van der Waals surface area contributed by atoms with Crippen molar-refractivity contribution in [1.82, 2.24) is 0 Å². The molecule has 0 unspecified atom stereocenters. The van der Waals surface area contributed by atoms with Gasteiger partial charge >= 0.3 is 6.36 Å². The highest BCUT2D eigenvalue weighted by atomic mass is 35.5. The number of hydrogen-bond donors (Lipinski definition) is 0. The summed E-state index contributed by atoms with van der Waals surface area (Å²) in [7, 11) is 0. The van der Waals surface area contributed by atoms with E-state index < -0.39 is 23.0 Å². The summed E-state index contributed by atoms with van der Waals surface area (Å²) >= 11 is 10.6. The maximum absolute atomic E-state index is 12.7. The third kappa shape index (κ3) is 2.92. The Morgan fingerprint density at radius 3 is 2.14 bits per heavy atom. The molecule has 0 saturated heterocycles. The summed E-state index contributed by atoms with van der Waals surface area (Å²) in [6, 6.07) is 1.30. The van der Waals surface area contributed by atoms with Gasteiger partial charge in [0.25, 0.3) is 0 Å². The minimum atomic E-state index is -4.91. The molecule has 1 rings (SSSR count). The molecule has 78 valence electrons. The fraction of sp³-hybridized carbons (Fsp3) is 0.143. The minimum absolute atomic E-state index is 0.371. The summed E-state index contributed by atoms with van der Waals surface area (Å²) in [6.45, 7) is 0. The molecule has 0 fully saturated rings. The van der Waals surface area contributed by atoms with E-state index in [0.29, 0.717) is 6.07 Å². The molecule has 1 nitrogen and oxygen atoms in total. The number of ether oxygens (including phenoxy) is 1. The second-order valence-corrected chi connectivity index (χ2v) is 3.06. The Hall–Kier alpha value is -0.680. The van der Waals surface area contributed by atoms with Gasteiger partial charge in [0.15, 0.2) is 5.75 Å². The van der Waals surface area contributed by atoms with E-state index in [-0.39, 0.29) is 5.02 Å². The average Bonchev–Trinajstić information content (AvgIpc) is 1.97. The van der Waals surface area contributed by atoms with Crippen molar-refractivity contribution in [2.24, 2.45) is 0 Å². The van der Waals surface area contributed by atoms with Gasteiger partial charge in [-0.15, -0.1) is 13.2 Å². The highest BCUT2D eigenvalue weighted by Gasteiger charge is 2.32. The van der Waals surface area contributed by atoms with Crippen molar-refractivity contribution in [1.29, 1.82) is 0 Å². The lowest BCUT2D eigenvalue weighted by Crippen LogP contribution is -2.17. The standard InChI is InChI=1S/C7H2Cl2F4O/c8-3-1-4(9)6(2-5(3)10)14-7(11,12)13/h1-2H. The molecule has 0 bridgehead atoms. The normalized spacial score (nSPS) is 11.6. The van der Waals surface area contributed by atoms with Crippen molar-refractivity contribution < 1.29 is 22.3 Å². The zero-order chi connectivity index (χ0) is 10.9. The molecular formula is C7H2Cl2F4O. The van der Waals surface area contributed by atoms with Gasteiger partial charge in [-0.2, -0.15) is 0 Å². The topological polar surface area (TPSA) is 9.23 Å². The quantitative estimate of drug-likeness (QED) is 0.539. The second-order valence-electron chi connectivity index (χ2n) is 2.24. The van der Waals surface area contributed by atoms with Gasteiger partial charge in [0.2, 0.25) is 0 Å². The fourth-order valence-corrected chi connectivity index (χ4v) is 1.13. The number of hydrogen-bond acceptors (Lipinski definition) is 1. The van der Waals surface area contributed by atoms with Crippen LogP contribution >= 0.6 is 23.2 Å². The Morgan fingerprint density at radius 2 is 1.64 bits per heavy atom. The first kappa shape index (κ1) is 11.4. The lowest BCUT2D eigenvalue weighted by Gasteiger charge is -2.10. The van der Waals surface area contributed by atoms with E-state index in [1.807, 2.05) is 0 Å². The number of halogens is 6. The molecule has 0 amide bonds. The molecule has 1 aromatic rings. The van der Waals surface area contributed by atoms with Gasteiger partial charge in [0, 0.05) is 6.07 Å². The van der Waals surface area contributed by atoms with E-state index in [2.05, 4.69) is 4.74 Å². The lowest BCUT2D eigenvalue weighted by molar-refractivity contribution is -0.274. The highest BCUT2D eigenvalue weighted by molar-refractivity contribution is 6.35. The van der Waals surface area contributed by atoms with Gasteiger partial charge < -0.3 is 4.74 Å². The van der Waals surface area contributed by atoms with Crippen LogP contribution in [0.15, 0.2) is 12.1 Å². The van der Waals surface area contributed by atoms with E-state index >= 15 is 0 Å². The zero-order valence-corrected chi connectivity index (χ0v) is 7.84. The minimum Gasteiger partial charge on any atom is -0.404 e. The van der Waals surface area contributed by atoms with Gasteiger partial charge in [-0.3, -0.25) is 0 Å². The summed E-state index contributed by atoms with van der Waals surface area (Å²) in [5, 5.41) is -0.779. The number of benzene rings is 1. The molecule has 7 heteroatoms. The van der Waals surface area contributed by atoms with Crippen molar-refractivity contribution in [3.63, 3.8) is 0 Å². The Morgan fingerprint density at radius 1 is 1.07 bits per heavy atom. The van der Waals surface area contributed by atoms with E-state index in [4.69, 9.17) is 23.2 Å². The fourth-order valence-electron chi connectivity index (χ4n) is 0.707. The van der Waals surface area contributed by atoms with Crippen molar-refractivity contribution in [2.45, 2.75) is 6.36 Å². The van der Waals surface area contributed by atoms with Gasteiger partial charge in [-0.1, -0.05) is 23.2 Å².